The summed E-state index contributed by atoms with van der Waals surface area (Å²) < 4.78 is 23.3. The summed E-state index contributed by atoms with van der Waals surface area (Å²) in [7, 11) is 3.20. The maximum atomic E-state index is 9.75. The smallest absolute Gasteiger partial charge is 0.175 e. The van der Waals surface area contributed by atoms with E-state index in [0.29, 0.717) is 34.3 Å². The van der Waals surface area contributed by atoms with Crippen molar-refractivity contribution in [1.29, 1.82) is 5.26 Å². The highest BCUT2D eigenvalue weighted by atomic mass is 16.7. The molecule has 2 saturated carbocycles. The van der Waals surface area contributed by atoms with Gasteiger partial charge in [-0.1, -0.05) is 20.8 Å². The molecule has 4 rings (SSSR count). The topological polar surface area (TPSA) is 60.7 Å². The lowest BCUT2D eigenvalue weighted by Crippen LogP contribution is -2.38. The van der Waals surface area contributed by atoms with Crippen LogP contribution in [0.3, 0.4) is 0 Å². The predicted octanol–water partition coefficient (Wildman–Crippen LogP) is 4.47. The fourth-order valence-electron chi connectivity index (χ4n) is 5.94. The van der Waals surface area contributed by atoms with Crippen LogP contribution in [0.4, 0.5) is 0 Å². The van der Waals surface area contributed by atoms with E-state index in [9.17, 15) is 5.26 Å². The molecule has 1 saturated heterocycles. The molecule has 0 N–H and O–H groups in total. The molecule has 1 aliphatic heterocycles. The van der Waals surface area contributed by atoms with E-state index in [-0.39, 0.29) is 17.8 Å². The normalized spacial score (nSPS) is 36.9. The number of methoxy groups -OCH3 is 2. The SMILES string of the molecule is COc1ccc(OC)c([C@@H](C#N)O[C@@H]2C[C@H]3[C@H]4CC[C@@](C)([C@H]3O2)C4(C)C)c1. The number of fused-ring (bicyclic) bond motifs is 5. The molecule has 1 aromatic carbocycles. The summed E-state index contributed by atoms with van der Waals surface area (Å²) >= 11 is 0. The van der Waals surface area contributed by atoms with Crippen LogP contribution in [0.1, 0.15) is 51.7 Å². The Morgan fingerprint density at radius 2 is 2.00 bits per heavy atom. The van der Waals surface area contributed by atoms with Crippen LogP contribution in [0, 0.1) is 34.0 Å². The Labute approximate surface area is 161 Å². The summed E-state index contributed by atoms with van der Waals surface area (Å²) in [5.74, 6) is 2.49. The Bertz CT molecular complexity index is 770. The quantitative estimate of drug-likeness (QED) is 0.764. The molecule has 0 amide bonds. The van der Waals surface area contributed by atoms with Gasteiger partial charge >= 0.3 is 0 Å². The Balaban J connectivity index is 1.53. The minimum Gasteiger partial charge on any atom is -0.497 e. The first kappa shape index (κ1) is 18.6. The lowest BCUT2D eigenvalue weighted by Gasteiger charge is -2.38. The van der Waals surface area contributed by atoms with Crippen molar-refractivity contribution in [3.8, 4) is 17.6 Å². The van der Waals surface area contributed by atoms with Crippen molar-refractivity contribution in [3.63, 3.8) is 0 Å². The number of ether oxygens (including phenoxy) is 4. The number of benzene rings is 1. The summed E-state index contributed by atoms with van der Waals surface area (Å²) in [6.07, 6.45) is 2.46. The largest absolute Gasteiger partial charge is 0.497 e. The third-order valence-electron chi connectivity index (χ3n) is 7.79. The van der Waals surface area contributed by atoms with Crippen LogP contribution in [-0.4, -0.2) is 26.6 Å². The number of nitrogens with zero attached hydrogens (tertiary/aromatic N) is 1. The summed E-state index contributed by atoms with van der Waals surface area (Å²) in [5.41, 5.74) is 1.17. The molecule has 2 aliphatic carbocycles. The van der Waals surface area contributed by atoms with Crippen molar-refractivity contribution in [2.75, 3.05) is 14.2 Å². The van der Waals surface area contributed by atoms with Gasteiger partial charge in [0.2, 0.25) is 0 Å². The van der Waals surface area contributed by atoms with Crippen LogP contribution in [-0.2, 0) is 9.47 Å². The van der Waals surface area contributed by atoms with Gasteiger partial charge in [0.05, 0.1) is 26.4 Å². The maximum absolute atomic E-state index is 9.75. The Kier molecular flexibility index (Phi) is 4.40. The molecule has 27 heavy (non-hydrogen) atoms. The standard InChI is InChI=1S/C22H29NO4/c1-21(2)16-8-9-22(21,3)20-14(16)11-19(27-20)26-18(12-23)15-10-13(24-4)6-7-17(15)25-5/h6-7,10,14,16,18-20H,8-9,11H2,1-5H3/t14-,16+,18+,19-,20-,22-/m0/s1. The second kappa shape index (κ2) is 6.39. The zero-order valence-corrected chi connectivity index (χ0v) is 16.8. The number of rotatable bonds is 5. The molecule has 3 fully saturated rings. The Hall–Kier alpha value is -1.77. The van der Waals surface area contributed by atoms with E-state index in [4.69, 9.17) is 18.9 Å². The number of hydrogen-bond acceptors (Lipinski definition) is 5. The van der Waals surface area contributed by atoms with Crippen LogP contribution >= 0.6 is 0 Å². The molecule has 0 aromatic heterocycles. The molecule has 5 nitrogen and oxygen atoms in total. The van der Waals surface area contributed by atoms with Gasteiger partial charge in [0, 0.05) is 12.0 Å². The molecular weight excluding hydrogens is 342 g/mol. The molecule has 5 heteroatoms. The minimum absolute atomic E-state index is 0.191. The first-order valence-corrected chi connectivity index (χ1v) is 9.78. The first-order valence-electron chi connectivity index (χ1n) is 9.78. The predicted molar refractivity (Wildman–Crippen MR) is 100 cm³/mol. The van der Waals surface area contributed by atoms with Crippen LogP contribution in [0.25, 0.3) is 0 Å². The van der Waals surface area contributed by atoms with Gasteiger partial charge in [-0.05, 0) is 53.7 Å². The second-order valence-corrected chi connectivity index (χ2v) is 8.92. The van der Waals surface area contributed by atoms with E-state index in [0.717, 1.165) is 6.42 Å². The van der Waals surface area contributed by atoms with Gasteiger partial charge in [-0.25, -0.2) is 0 Å². The van der Waals surface area contributed by atoms with Gasteiger partial charge in [-0.3, -0.25) is 0 Å². The van der Waals surface area contributed by atoms with Gasteiger partial charge in [-0.2, -0.15) is 5.26 Å². The van der Waals surface area contributed by atoms with Gasteiger partial charge in [-0.15, -0.1) is 0 Å². The van der Waals surface area contributed by atoms with E-state index in [1.165, 1.54) is 12.8 Å². The molecule has 0 spiro atoms. The third-order valence-corrected chi connectivity index (χ3v) is 7.79. The van der Waals surface area contributed by atoms with Crippen molar-refractivity contribution in [3.05, 3.63) is 23.8 Å². The molecule has 1 heterocycles. The third kappa shape index (κ3) is 2.57. The first-order chi connectivity index (χ1) is 12.9. The van der Waals surface area contributed by atoms with Crippen molar-refractivity contribution in [2.24, 2.45) is 22.7 Å². The van der Waals surface area contributed by atoms with Gasteiger partial charge < -0.3 is 18.9 Å². The van der Waals surface area contributed by atoms with Crippen LogP contribution in [0.2, 0.25) is 0 Å². The average molecular weight is 371 g/mol. The fraction of sp³-hybridized carbons (Fsp3) is 0.682. The van der Waals surface area contributed by atoms with Crippen LogP contribution in [0.5, 0.6) is 11.5 Å². The Morgan fingerprint density at radius 3 is 2.63 bits per heavy atom. The molecule has 3 aliphatic rings. The molecule has 146 valence electrons. The highest BCUT2D eigenvalue weighted by Gasteiger charge is 2.69. The van der Waals surface area contributed by atoms with Crippen molar-refractivity contribution < 1.29 is 18.9 Å². The van der Waals surface area contributed by atoms with E-state index in [1.54, 1.807) is 26.4 Å². The van der Waals surface area contributed by atoms with Crippen LogP contribution < -0.4 is 9.47 Å². The van der Waals surface area contributed by atoms with Gasteiger partial charge in [0.15, 0.2) is 12.4 Å². The molecule has 6 atom stereocenters. The number of nitriles is 1. The highest BCUT2D eigenvalue weighted by Crippen LogP contribution is 2.71. The van der Waals surface area contributed by atoms with Crippen LogP contribution in [0.15, 0.2) is 18.2 Å². The molecule has 0 unspecified atom stereocenters. The van der Waals surface area contributed by atoms with E-state index < -0.39 is 6.10 Å². The second-order valence-electron chi connectivity index (χ2n) is 8.92. The minimum atomic E-state index is -0.752. The molecule has 0 radical (unpaired) electrons. The zero-order valence-electron chi connectivity index (χ0n) is 16.8. The highest BCUT2D eigenvalue weighted by molar-refractivity contribution is 5.43. The molecule has 2 bridgehead atoms. The summed E-state index contributed by atoms with van der Waals surface area (Å²) in [4.78, 5) is 0. The summed E-state index contributed by atoms with van der Waals surface area (Å²) in [5, 5.41) is 9.75. The number of hydrogen-bond donors (Lipinski definition) is 0. The molecular formula is C22H29NO4. The Morgan fingerprint density at radius 1 is 1.22 bits per heavy atom. The summed E-state index contributed by atoms with van der Waals surface area (Å²) in [6, 6.07) is 7.68. The van der Waals surface area contributed by atoms with E-state index in [1.807, 2.05) is 6.07 Å². The monoisotopic (exact) mass is 371 g/mol. The van der Waals surface area contributed by atoms with E-state index >= 15 is 0 Å². The average Bonchev–Trinajstić information content (AvgIpc) is 3.23. The molecule has 1 aromatic rings. The zero-order chi connectivity index (χ0) is 19.4. The maximum Gasteiger partial charge on any atom is 0.175 e. The van der Waals surface area contributed by atoms with Gasteiger partial charge in [0.1, 0.15) is 11.5 Å². The van der Waals surface area contributed by atoms with Crippen molar-refractivity contribution in [2.45, 2.75) is 58.5 Å². The summed E-state index contributed by atoms with van der Waals surface area (Å²) in [6.45, 7) is 7.15. The fourth-order valence-corrected chi connectivity index (χ4v) is 5.94. The van der Waals surface area contributed by atoms with Crippen molar-refractivity contribution in [1.82, 2.24) is 0 Å². The van der Waals surface area contributed by atoms with E-state index in [2.05, 4.69) is 26.8 Å². The lowest BCUT2D eigenvalue weighted by molar-refractivity contribution is -0.177. The van der Waals surface area contributed by atoms with Crippen molar-refractivity contribution >= 4 is 0 Å². The lowest BCUT2D eigenvalue weighted by atomic mass is 9.70. The van der Waals surface area contributed by atoms with Gasteiger partial charge in [0.25, 0.3) is 0 Å².